The van der Waals surface area contributed by atoms with Gasteiger partial charge in [0.25, 0.3) is 0 Å². The summed E-state index contributed by atoms with van der Waals surface area (Å²) >= 11 is 0. The molecule has 0 aliphatic rings. The Bertz CT molecular complexity index is 583. The lowest BCUT2D eigenvalue weighted by molar-refractivity contribution is -0.121. The van der Waals surface area contributed by atoms with Crippen LogP contribution in [0.1, 0.15) is 30.4 Å². The smallest absolute Gasteiger partial charge is 0.220 e. The summed E-state index contributed by atoms with van der Waals surface area (Å²) in [5.41, 5.74) is 1.79. The largest absolute Gasteiger partial charge is 0.356 e. The van der Waals surface area contributed by atoms with Crippen molar-refractivity contribution in [1.82, 2.24) is 5.32 Å². The number of halogens is 1. The zero-order valence-electron chi connectivity index (χ0n) is 12.2. The second kappa shape index (κ2) is 7.58. The highest BCUT2D eigenvalue weighted by Crippen LogP contribution is 2.18. The van der Waals surface area contributed by atoms with Gasteiger partial charge >= 0.3 is 0 Å². The highest BCUT2D eigenvalue weighted by Gasteiger charge is 2.10. The van der Waals surface area contributed by atoms with Crippen molar-refractivity contribution in [2.75, 3.05) is 6.54 Å². The summed E-state index contributed by atoms with van der Waals surface area (Å²) in [6.07, 6.45) is 0.958. The van der Waals surface area contributed by atoms with E-state index >= 15 is 0 Å². The topological polar surface area (TPSA) is 29.1 Å². The molecule has 0 aliphatic carbocycles. The summed E-state index contributed by atoms with van der Waals surface area (Å²) in [4.78, 5) is 11.9. The van der Waals surface area contributed by atoms with Crippen LogP contribution in [0.15, 0.2) is 54.6 Å². The van der Waals surface area contributed by atoms with E-state index in [2.05, 4.69) is 5.32 Å². The molecule has 0 radical (unpaired) electrons. The lowest BCUT2D eigenvalue weighted by Crippen LogP contribution is -2.26. The van der Waals surface area contributed by atoms with Gasteiger partial charge < -0.3 is 5.32 Å². The van der Waals surface area contributed by atoms with Crippen molar-refractivity contribution in [3.05, 3.63) is 71.5 Å². The van der Waals surface area contributed by atoms with E-state index in [-0.39, 0.29) is 17.6 Å². The fraction of sp³-hybridized carbons (Fsp3) is 0.278. The van der Waals surface area contributed by atoms with Crippen LogP contribution in [-0.2, 0) is 11.2 Å². The standard InChI is InChI=1S/C18H20FNO/c1-14(15-7-3-2-4-8-15)13-18(21)20-12-11-16-9-5-6-10-17(16)19/h2-10,14H,11-13H2,1H3,(H,20,21). The highest BCUT2D eigenvalue weighted by atomic mass is 19.1. The molecule has 0 aliphatic heterocycles. The third-order valence-corrected chi connectivity index (χ3v) is 3.53. The van der Waals surface area contributed by atoms with Crippen LogP contribution in [0.2, 0.25) is 0 Å². The average Bonchev–Trinajstić information content (AvgIpc) is 2.50. The van der Waals surface area contributed by atoms with Gasteiger partial charge in [-0.15, -0.1) is 0 Å². The minimum Gasteiger partial charge on any atom is -0.356 e. The van der Waals surface area contributed by atoms with Crippen LogP contribution in [0.25, 0.3) is 0 Å². The molecule has 2 aromatic carbocycles. The van der Waals surface area contributed by atoms with Crippen LogP contribution < -0.4 is 5.32 Å². The number of rotatable bonds is 6. The maximum absolute atomic E-state index is 13.4. The molecule has 1 N–H and O–H groups in total. The minimum absolute atomic E-state index is 0.00249. The molecule has 0 saturated carbocycles. The van der Waals surface area contributed by atoms with Crippen molar-refractivity contribution in [2.24, 2.45) is 0 Å². The van der Waals surface area contributed by atoms with Gasteiger partial charge in [0.2, 0.25) is 5.91 Å². The van der Waals surface area contributed by atoms with Gasteiger partial charge in [-0.25, -0.2) is 4.39 Å². The fourth-order valence-corrected chi connectivity index (χ4v) is 2.29. The molecule has 3 heteroatoms. The monoisotopic (exact) mass is 285 g/mol. The van der Waals surface area contributed by atoms with E-state index < -0.39 is 0 Å². The van der Waals surface area contributed by atoms with Crippen molar-refractivity contribution in [3.63, 3.8) is 0 Å². The Hall–Kier alpha value is -2.16. The summed E-state index contributed by atoms with van der Waals surface area (Å²) in [7, 11) is 0. The molecule has 1 atom stereocenters. The van der Waals surface area contributed by atoms with Gasteiger partial charge in [-0.3, -0.25) is 4.79 Å². The summed E-state index contributed by atoms with van der Waals surface area (Å²) in [6.45, 7) is 2.49. The fourth-order valence-electron chi connectivity index (χ4n) is 2.29. The molecule has 0 bridgehead atoms. The maximum Gasteiger partial charge on any atom is 0.220 e. The van der Waals surface area contributed by atoms with E-state index in [1.165, 1.54) is 6.07 Å². The predicted octanol–water partition coefficient (Wildman–Crippen LogP) is 3.68. The first-order chi connectivity index (χ1) is 10.2. The third kappa shape index (κ3) is 4.71. The van der Waals surface area contributed by atoms with Gasteiger partial charge in [-0.1, -0.05) is 55.5 Å². The summed E-state index contributed by atoms with van der Waals surface area (Å²) in [5, 5.41) is 2.85. The highest BCUT2D eigenvalue weighted by molar-refractivity contribution is 5.76. The second-order valence-electron chi connectivity index (χ2n) is 5.21. The van der Waals surface area contributed by atoms with E-state index in [4.69, 9.17) is 0 Å². The SMILES string of the molecule is CC(CC(=O)NCCc1ccccc1F)c1ccccc1. The van der Waals surface area contributed by atoms with Crippen molar-refractivity contribution >= 4 is 5.91 Å². The number of hydrogen-bond acceptors (Lipinski definition) is 1. The first-order valence-electron chi connectivity index (χ1n) is 7.22. The predicted molar refractivity (Wildman–Crippen MR) is 82.6 cm³/mol. The Morgan fingerprint density at radius 2 is 1.76 bits per heavy atom. The van der Waals surface area contributed by atoms with Crippen LogP contribution in [0.4, 0.5) is 4.39 Å². The van der Waals surface area contributed by atoms with Gasteiger partial charge in [-0.05, 0) is 29.5 Å². The molecular weight excluding hydrogens is 265 g/mol. The van der Waals surface area contributed by atoms with E-state index in [0.717, 1.165) is 5.56 Å². The van der Waals surface area contributed by atoms with E-state index in [9.17, 15) is 9.18 Å². The first kappa shape index (κ1) is 15.2. The Kier molecular flexibility index (Phi) is 5.50. The molecule has 2 aromatic rings. The number of amides is 1. The first-order valence-corrected chi connectivity index (χ1v) is 7.22. The molecule has 1 unspecified atom stereocenters. The van der Waals surface area contributed by atoms with Crippen LogP contribution in [0.3, 0.4) is 0 Å². The lowest BCUT2D eigenvalue weighted by atomic mass is 9.97. The van der Waals surface area contributed by atoms with Gasteiger partial charge in [0.1, 0.15) is 5.82 Å². The summed E-state index contributed by atoms with van der Waals surface area (Å²) in [6, 6.07) is 16.6. The zero-order valence-corrected chi connectivity index (χ0v) is 12.2. The normalized spacial score (nSPS) is 11.9. The third-order valence-electron chi connectivity index (χ3n) is 3.53. The van der Waals surface area contributed by atoms with Gasteiger partial charge in [0.15, 0.2) is 0 Å². The second-order valence-corrected chi connectivity index (χ2v) is 5.21. The Morgan fingerprint density at radius 1 is 1.10 bits per heavy atom. The van der Waals surface area contributed by atoms with Crippen LogP contribution in [0, 0.1) is 5.82 Å². The van der Waals surface area contributed by atoms with E-state index in [1.807, 2.05) is 37.3 Å². The van der Waals surface area contributed by atoms with Crippen molar-refractivity contribution in [3.8, 4) is 0 Å². The van der Waals surface area contributed by atoms with Crippen LogP contribution in [-0.4, -0.2) is 12.5 Å². The maximum atomic E-state index is 13.4. The Labute approximate surface area is 125 Å². The molecule has 0 aromatic heterocycles. The molecule has 1 amide bonds. The molecule has 2 rings (SSSR count). The molecule has 0 heterocycles. The molecule has 0 spiro atoms. The molecule has 110 valence electrons. The van der Waals surface area contributed by atoms with E-state index in [0.29, 0.717) is 24.9 Å². The molecule has 0 saturated heterocycles. The van der Waals surface area contributed by atoms with Crippen LogP contribution in [0.5, 0.6) is 0 Å². The van der Waals surface area contributed by atoms with E-state index in [1.54, 1.807) is 18.2 Å². The summed E-state index contributed by atoms with van der Waals surface area (Å²) < 4.78 is 13.4. The number of benzene rings is 2. The summed E-state index contributed by atoms with van der Waals surface area (Å²) in [5.74, 6) is -0.0354. The quantitative estimate of drug-likeness (QED) is 0.862. The molecular formula is C18H20FNO. The number of carbonyl (C=O) groups excluding carboxylic acids is 1. The van der Waals surface area contributed by atoms with Crippen LogP contribution >= 0.6 is 0 Å². The van der Waals surface area contributed by atoms with Crippen molar-refractivity contribution in [2.45, 2.75) is 25.7 Å². The van der Waals surface area contributed by atoms with Gasteiger partial charge in [0.05, 0.1) is 0 Å². The lowest BCUT2D eigenvalue weighted by Gasteiger charge is -2.12. The molecule has 2 nitrogen and oxygen atoms in total. The Balaban J connectivity index is 1.76. The number of hydrogen-bond donors (Lipinski definition) is 1. The minimum atomic E-state index is -0.218. The zero-order chi connectivity index (χ0) is 15.1. The molecule has 21 heavy (non-hydrogen) atoms. The Morgan fingerprint density at radius 3 is 2.48 bits per heavy atom. The average molecular weight is 285 g/mol. The van der Waals surface area contributed by atoms with Crippen molar-refractivity contribution in [1.29, 1.82) is 0 Å². The van der Waals surface area contributed by atoms with Crippen molar-refractivity contribution < 1.29 is 9.18 Å². The molecule has 0 fully saturated rings. The number of nitrogens with one attached hydrogen (secondary N) is 1. The van der Waals surface area contributed by atoms with Gasteiger partial charge in [0, 0.05) is 13.0 Å². The van der Waals surface area contributed by atoms with Gasteiger partial charge in [-0.2, -0.15) is 0 Å². The number of carbonyl (C=O) groups is 1.